The Kier molecular flexibility index (Phi) is 11.2. The molecule has 1 amide bonds. The second kappa shape index (κ2) is 15.1. The lowest BCUT2D eigenvalue weighted by Gasteiger charge is -2.51. The van der Waals surface area contributed by atoms with E-state index in [-0.39, 0.29) is 41.3 Å². The number of nitriles is 1. The minimum absolute atomic E-state index is 0.0966. The number of likely N-dealkylation sites (tertiary alicyclic amines) is 1. The lowest BCUT2D eigenvalue weighted by Crippen LogP contribution is -2.56. The van der Waals surface area contributed by atoms with Crippen LogP contribution in [0.15, 0.2) is 36.4 Å². The number of carbonyl (C=O) groups excluding carboxylic acids is 2. The number of rotatable bonds is 12. The fraction of sp³-hybridized carbons (Fsp3) is 0.595. The van der Waals surface area contributed by atoms with Crippen LogP contribution in [0.4, 0.5) is 14.5 Å². The number of hydrogen-bond acceptors (Lipinski definition) is 7. The van der Waals surface area contributed by atoms with E-state index in [0.717, 1.165) is 76.0 Å². The Morgan fingerprint density at radius 1 is 1.11 bits per heavy atom. The number of nitrogens with one attached hydrogen (secondary N) is 1. The summed E-state index contributed by atoms with van der Waals surface area (Å²) in [7, 11) is 5.29. The Balaban J connectivity index is 1.30. The molecule has 2 heterocycles. The van der Waals surface area contributed by atoms with Crippen molar-refractivity contribution < 1.29 is 23.1 Å². The van der Waals surface area contributed by atoms with Crippen LogP contribution in [0.5, 0.6) is 0 Å². The minimum Gasteiger partial charge on any atom is -0.469 e. The van der Waals surface area contributed by atoms with Crippen molar-refractivity contribution in [3.63, 3.8) is 0 Å². The zero-order chi connectivity index (χ0) is 33.7. The van der Waals surface area contributed by atoms with Gasteiger partial charge in [0, 0.05) is 57.4 Å². The summed E-state index contributed by atoms with van der Waals surface area (Å²) in [6, 6.07) is 12.2. The summed E-state index contributed by atoms with van der Waals surface area (Å²) in [5.74, 6) is -0.195. The summed E-state index contributed by atoms with van der Waals surface area (Å²) in [6.07, 6.45) is 4.92. The minimum atomic E-state index is -0.514. The number of methoxy groups -OCH3 is 1. The molecule has 1 aliphatic carbocycles. The number of benzene rings is 2. The molecule has 1 N–H and O–H groups in total. The first-order chi connectivity index (χ1) is 22.5. The number of amides is 1. The lowest BCUT2D eigenvalue weighted by atomic mass is 9.57. The highest BCUT2D eigenvalue weighted by Gasteiger charge is 2.52. The van der Waals surface area contributed by atoms with E-state index in [0.29, 0.717) is 36.7 Å². The summed E-state index contributed by atoms with van der Waals surface area (Å²) in [6.45, 7) is 6.70. The third-order valence-corrected chi connectivity index (χ3v) is 10.9. The van der Waals surface area contributed by atoms with Crippen LogP contribution in [0.25, 0.3) is 0 Å². The van der Waals surface area contributed by atoms with Gasteiger partial charge in [0.15, 0.2) is 0 Å². The first-order valence-corrected chi connectivity index (χ1v) is 17.0. The predicted molar refractivity (Wildman–Crippen MR) is 178 cm³/mol. The van der Waals surface area contributed by atoms with E-state index >= 15 is 0 Å². The van der Waals surface area contributed by atoms with Crippen LogP contribution in [-0.2, 0) is 26.3 Å². The fourth-order valence-corrected chi connectivity index (χ4v) is 8.74. The summed E-state index contributed by atoms with van der Waals surface area (Å²) < 4.78 is 34.9. The van der Waals surface area contributed by atoms with Gasteiger partial charge in [0.1, 0.15) is 11.6 Å². The topological polar surface area (TPSA) is 88.9 Å². The van der Waals surface area contributed by atoms with Gasteiger partial charge >= 0.3 is 5.97 Å². The van der Waals surface area contributed by atoms with Crippen molar-refractivity contribution in [1.82, 2.24) is 15.1 Å². The van der Waals surface area contributed by atoms with Crippen molar-refractivity contribution in [2.24, 2.45) is 23.7 Å². The van der Waals surface area contributed by atoms with Gasteiger partial charge in [-0.2, -0.15) is 5.26 Å². The molecule has 2 aromatic carbocycles. The van der Waals surface area contributed by atoms with Gasteiger partial charge in [-0.3, -0.25) is 9.59 Å². The van der Waals surface area contributed by atoms with Gasteiger partial charge in [0.25, 0.3) is 0 Å². The van der Waals surface area contributed by atoms with Gasteiger partial charge in [0.2, 0.25) is 5.91 Å². The van der Waals surface area contributed by atoms with Gasteiger partial charge < -0.3 is 24.8 Å². The number of halogens is 2. The molecule has 3 atom stereocenters. The maximum atomic E-state index is 15.0. The molecule has 47 heavy (non-hydrogen) atoms. The van der Waals surface area contributed by atoms with Crippen LogP contribution in [0.1, 0.15) is 62.1 Å². The first-order valence-electron chi connectivity index (χ1n) is 17.0. The van der Waals surface area contributed by atoms with Crippen molar-refractivity contribution in [2.75, 3.05) is 65.4 Å². The average molecular weight is 650 g/mol. The molecule has 3 fully saturated rings. The second-order valence-electron chi connectivity index (χ2n) is 14.2. The lowest BCUT2D eigenvalue weighted by molar-refractivity contribution is -0.142. The van der Waals surface area contributed by atoms with Crippen molar-refractivity contribution in [3.8, 4) is 6.07 Å². The van der Waals surface area contributed by atoms with Crippen LogP contribution >= 0.6 is 0 Å². The van der Waals surface area contributed by atoms with Gasteiger partial charge in [-0.1, -0.05) is 18.6 Å². The molecule has 10 heteroatoms. The number of anilines is 1. The molecule has 0 unspecified atom stereocenters. The number of hydrogen-bond donors (Lipinski definition) is 1. The molecule has 0 aromatic heterocycles. The molecule has 254 valence electrons. The summed E-state index contributed by atoms with van der Waals surface area (Å²) in [4.78, 5) is 31.3. The van der Waals surface area contributed by atoms with Crippen molar-refractivity contribution in [3.05, 3.63) is 64.7 Å². The molecular formula is C37H49F2N5O3. The van der Waals surface area contributed by atoms with E-state index in [9.17, 15) is 23.6 Å². The van der Waals surface area contributed by atoms with Gasteiger partial charge in [0.05, 0.1) is 24.4 Å². The second-order valence-corrected chi connectivity index (χ2v) is 14.2. The molecule has 0 spiro atoms. The zero-order valence-corrected chi connectivity index (χ0v) is 28.2. The largest absolute Gasteiger partial charge is 0.469 e. The van der Waals surface area contributed by atoms with Gasteiger partial charge in [-0.25, -0.2) is 8.78 Å². The molecular weight excluding hydrogens is 600 g/mol. The molecule has 2 aliphatic heterocycles. The quantitative estimate of drug-likeness (QED) is 0.320. The Labute approximate surface area is 278 Å². The van der Waals surface area contributed by atoms with Crippen LogP contribution in [-0.4, -0.2) is 82.1 Å². The SMILES string of the molecule is COC(=O)C[C@H]1CCC[C@@H]1[C@](CNC(C)=O)(c1cccc(F)c1)C1CCN(CC2CN(c3cc(CN(C)C)c(C#N)cc3F)C2)CC1. The van der Waals surface area contributed by atoms with Crippen LogP contribution < -0.4 is 10.2 Å². The maximum absolute atomic E-state index is 15.0. The van der Waals surface area contributed by atoms with Crippen molar-refractivity contribution in [2.45, 2.75) is 57.4 Å². The summed E-state index contributed by atoms with van der Waals surface area (Å²) >= 11 is 0. The van der Waals surface area contributed by atoms with E-state index in [1.165, 1.54) is 26.2 Å². The third-order valence-electron chi connectivity index (χ3n) is 10.9. The van der Waals surface area contributed by atoms with Gasteiger partial charge in [-0.05, 0) is 106 Å². The Bertz CT molecular complexity index is 1460. The fourth-order valence-electron chi connectivity index (χ4n) is 8.74. The highest BCUT2D eigenvalue weighted by atomic mass is 19.1. The number of piperidine rings is 1. The van der Waals surface area contributed by atoms with Gasteiger partial charge in [-0.15, -0.1) is 0 Å². The highest BCUT2D eigenvalue weighted by Crippen LogP contribution is 2.53. The van der Waals surface area contributed by atoms with E-state index in [1.54, 1.807) is 12.1 Å². The first kappa shape index (κ1) is 34.8. The molecule has 1 saturated carbocycles. The standard InChI is InChI=1S/C37H49F2N5O3/c1-25(45)41-24-37(31-8-6-9-32(38)18-31,33-10-5-7-27(33)17-36(46)47-4)30-11-13-43(14-12-30)20-26-21-44(22-26)35-16-29(23-42(2)3)28(19-40)15-34(35)39/h6,8-9,15-16,18,26-27,30,33H,5,7,10-14,17,20-24H2,1-4H3,(H,41,45)/t27-,33+,37+/m1/s1. The highest BCUT2D eigenvalue weighted by molar-refractivity contribution is 5.73. The Morgan fingerprint density at radius 3 is 2.49 bits per heavy atom. The monoisotopic (exact) mass is 649 g/mol. The summed E-state index contributed by atoms with van der Waals surface area (Å²) in [5.41, 5.74) is 2.16. The molecule has 8 nitrogen and oxygen atoms in total. The van der Waals surface area contributed by atoms with E-state index in [4.69, 9.17) is 4.74 Å². The van der Waals surface area contributed by atoms with Crippen molar-refractivity contribution in [1.29, 1.82) is 5.26 Å². The third kappa shape index (κ3) is 7.79. The average Bonchev–Trinajstić information content (AvgIpc) is 3.48. The summed E-state index contributed by atoms with van der Waals surface area (Å²) in [5, 5.41) is 12.6. The number of ether oxygens (including phenoxy) is 1. The molecule has 2 saturated heterocycles. The van der Waals surface area contributed by atoms with Crippen LogP contribution in [0, 0.1) is 46.6 Å². The van der Waals surface area contributed by atoms with E-state index in [2.05, 4.69) is 21.2 Å². The normalized spacial score (nSPS) is 22.0. The smallest absolute Gasteiger partial charge is 0.305 e. The number of nitrogens with zero attached hydrogens (tertiary/aromatic N) is 4. The zero-order valence-electron chi connectivity index (χ0n) is 28.2. The van der Waals surface area contributed by atoms with E-state index in [1.807, 2.05) is 31.1 Å². The Hall–Kier alpha value is -3.55. The van der Waals surface area contributed by atoms with Crippen LogP contribution in [0.2, 0.25) is 0 Å². The maximum Gasteiger partial charge on any atom is 0.305 e. The van der Waals surface area contributed by atoms with E-state index < -0.39 is 5.41 Å². The predicted octanol–water partition coefficient (Wildman–Crippen LogP) is 5.10. The molecule has 5 rings (SSSR count). The molecule has 0 bridgehead atoms. The van der Waals surface area contributed by atoms with Crippen molar-refractivity contribution >= 4 is 17.6 Å². The molecule has 3 aliphatic rings. The molecule has 2 aromatic rings. The molecule has 0 radical (unpaired) electrons. The Morgan fingerprint density at radius 2 is 1.85 bits per heavy atom. The number of carbonyl (C=O) groups is 2. The number of esters is 1. The van der Waals surface area contributed by atoms with Crippen LogP contribution in [0.3, 0.4) is 0 Å².